The number of nitrogens with two attached hydrogens (primary N) is 1. The molecule has 1 aliphatic heterocycles. The molecule has 40 heavy (non-hydrogen) atoms. The lowest BCUT2D eigenvalue weighted by atomic mass is 10.2. The quantitative estimate of drug-likeness (QED) is 0.109. The lowest BCUT2D eigenvalue weighted by Gasteiger charge is -2.36. The maximum atomic E-state index is 13.7. The van der Waals surface area contributed by atoms with E-state index in [2.05, 4.69) is 5.32 Å². The van der Waals surface area contributed by atoms with Crippen molar-refractivity contribution >= 4 is 33.5 Å². The highest BCUT2D eigenvalue weighted by molar-refractivity contribution is 7.88. The molecule has 1 heterocycles. The van der Waals surface area contributed by atoms with Gasteiger partial charge in [-0.2, -0.15) is 4.31 Å². The minimum Gasteiger partial charge on any atom is -0.486 e. The summed E-state index contributed by atoms with van der Waals surface area (Å²) in [6.07, 6.45) is 6.24. The number of sulfonamides is 1. The third kappa shape index (κ3) is 8.25. The van der Waals surface area contributed by atoms with Gasteiger partial charge in [-0.1, -0.05) is 31.4 Å². The molecule has 0 spiro atoms. The van der Waals surface area contributed by atoms with E-state index < -0.39 is 27.6 Å². The number of carbonyl (C=O) groups is 1. The Labute approximate surface area is 233 Å². The van der Waals surface area contributed by atoms with Gasteiger partial charge in [0.25, 0.3) is 5.91 Å². The first-order chi connectivity index (χ1) is 19.1. The molecule has 4 rings (SSSR count). The minimum absolute atomic E-state index is 0.0831. The van der Waals surface area contributed by atoms with Crippen molar-refractivity contribution in [3.8, 4) is 0 Å². The SMILES string of the molecule is N=C/C(=C(/OCCCCC1CC1)C(=O)Nc1cc(F)cc(F)c1)N1CCN(S(=O)(=O)Cc2ccc(N)cc2)CC1. The highest BCUT2D eigenvalue weighted by Crippen LogP contribution is 2.33. The van der Waals surface area contributed by atoms with Gasteiger partial charge in [0.1, 0.15) is 17.3 Å². The van der Waals surface area contributed by atoms with Crippen LogP contribution in [0.15, 0.2) is 53.9 Å². The summed E-state index contributed by atoms with van der Waals surface area (Å²) in [6, 6.07) is 9.34. The average molecular weight is 576 g/mol. The second-order valence-electron chi connectivity index (χ2n) is 10.1. The number of nitrogens with zero attached hydrogens (tertiary/aromatic N) is 2. The summed E-state index contributed by atoms with van der Waals surface area (Å²) < 4.78 is 60.7. The highest BCUT2D eigenvalue weighted by Gasteiger charge is 2.30. The van der Waals surface area contributed by atoms with Crippen molar-refractivity contribution in [3.05, 3.63) is 71.1 Å². The van der Waals surface area contributed by atoms with Crippen LogP contribution in [0.25, 0.3) is 0 Å². The minimum atomic E-state index is -3.60. The highest BCUT2D eigenvalue weighted by atomic mass is 32.2. The zero-order chi connectivity index (χ0) is 28.7. The zero-order valence-electron chi connectivity index (χ0n) is 22.2. The van der Waals surface area contributed by atoms with Gasteiger partial charge in [-0.15, -0.1) is 0 Å². The van der Waals surface area contributed by atoms with Gasteiger partial charge >= 0.3 is 0 Å². The molecule has 0 bridgehead atoms. The molecule has 1 amide bonds. The third-order valence-electron chi connectivity index (χ3n) is 6.95. The molecule has 2 aliphatic rings. The van der Waals surface area contributed by atoms with Crippen molar-refractivity contribution in [3.63, 3.8) is 0 Å². The lowest BCUT2D eigenvalue weighted by molar-refractivity contribution is -0.116. The molecule has 9 nitrogen and oxygen atoms in total. The normalized spacial score (nSPS) is 16.8. The number of unbranched alkanes of at least 4 members (excludes halogenated alkanes) is 1. The fraction of sp³-hybridized carbons (Fsp3) is 0.429. The van der Waals surface area contributed by atoms with Crippen molar-refractivity contribution in [2.24, 2.45) is 5.92 Å². The van der Waals surface area contributed by atoms with E-state index in [1.807, 2.05) is 0 Å². The smallest absolute Gasteiger partial charge is 0.293 e. The van der Waals surface area contributed by atoms with Gasteiger partial charge in [-0.3, -0.25) is 4.79 Å². The van der Waals surface area contributed by atoms with E-state index in [0.29, 0.717) is 23.7 Å². The molecule has 216 valence electrons. The van der Waals surface area contributed by atoms with E-state index in [1.54, 1.807) is 29.2 Å². The van der Waals surface area contributed by atoms with E-state index in [0.717, 1.165) is 37.1 Å². The molecular formula is C28H35F2N5O4S. The van der Waals surface area contributed by atoms with E-state index >= 15 is 0 Å². The monoisotopic (exact) mass is 575 g/mol. The number of ether oxygens (including phenoxy) is 1. The summed E-state index contributed by atoms with van der Waals surface area (Å²) in [4.78, 5) is 14.9. The van der Waals surface area contributed by atoms with Crippen LogP contribution in [0.4, 0.5) is 20.2 Å². The number of nitrogen functional groups attached to an aromatic ring is 1. The molecule has 0 unspecified atom stereocenters. The number of rotatable bonds is 13. The number of anilines is 2. The first-order valence-corrected chi connectivity index (χ1v) is 15.0. The zero-order valence-corrected chi connectivity index (χ0v) is 23.1. The molecule has 12 heteroatoms. The van der Waals surface area contributed by atoms with Crippen LogP contribution in [0.5, 0.6) is 0 Å². The maximum Gasteiger partial charge on any atom is 0.293 e. The number of amides is 1. The van der Waals surface area contributed by atoms with E-state index in [1.165, 1.54) is 17.1 Å². The molecule has 4 N–H and O–H groups in total. The Hall–Kier alpha value is -3.51. The summed E-state index contributed by atoms with van der Waals surface area (Å²) in [6.45, 7) is 0.991. The summed E-state index contributed by atoms with van der Waals surface area (Å²) in [7, 11) is -3.60. The number of hydrogen-bond donors (Lipinski definition) is 3. The number of carbonyl (C=O) groups excluding carboxylic acids is 1. The Kier molecular flexibility index (Phi) is 9.75. The van der Waals surface area contributed by atoms with Crippen LogP contribution in [0.1, 0.15) is 37.7 Å². The topological polar surface area (TPSA) is 129 Å². The summed E-state index contributed by atoms with van der Waals surface area (Å²) in [5.41, 5.74) is 6.96. The lowest BCUT2D eigenvalue weighted by Crippen LogP contribution is -2.49. The molecule has 2 fully saturated rings. The number of allylic oxidation sites excluding steroid dienone is 1. The number of nitrogens with one attached hydrogen (secondary N) is 2. The molecule has 1 saturated carbocycles. The second kappa shape index (κ2) is 13.2. The largest absolute Gasteiger partial charge is 0.486 e. The van der Waals surface area contributed by atoms with Crippen molar-refractivity contribution in [1.82, 2.24) is 9.21 Å². The Morgan fingerprint density at radius 3 is 2.30 bits per heavy atom. The van der Waals surface area contributed by atoms with Crippen LogP contribution >= 0.6 is 0 Å². The van der Waals surface area contributed by atoms with Crippen LogP contribution in [-0.4, -0.2) is 62.5 Å². The summed E-state index contributed by atoms with van der Waals surface area (Å²) >= 11 is 0. The second-order valence-corrected chi connectivity index (χ2v) is 12.1. The van der Waals surface area contributed by atoms with Crippen LogP contribution in [-0.2, 0) is 25.3 Å². The van der Waals surface area contributed by atoms with Crippen LogP contribution in [0, 0.1) is 23.0 Å². The Morgan fingerprint density at radius 2 is 1.70 bits per heavy atom. The van der Waals surface area contributed by atoms with Crippen LogP contribution < -0.4 is 11.1 Å². The predicted molar refractivity (Wildman–Crippen MR) is 150 cm³/mol. The standard InChI is InChI=1S/C28H35F2N5O4S/c29-22-15-23(30)17-25(16-22)33-28(36)27(39-14-2-1-3-20-4-5-20)26(18-31)34-10-12-35(13-11-34)40(37,38)19-21-6-8-24(32)9-7-21/h6-9,15-18,20,31H,1-5,10-14,19,32H2,(H,33,36)/b27-26-,31-18?. The van der Waals surface area contributed by atoms with Gasteiger partial charge in [-0.05, 0) is 48.6 Å². The van der Waals surface area contributed by atoms with Gasteiger partial charge in [0.2, 0.25) is 15.8 Å². The summed E-state index contributed by atoms with van der Waals surface area (Å²) in [5, 5.41) is 10.5. The molecular weight excluding hydrogens is 540 g/mol. The van der Waals surface area contributed by atoms with Crippen molar-refractivity contribution in [2.75, 3.05) is 43.8 Å². The molecule has 1 saturated heterocycles. The van der Waals surface area contributed by atoms with Gasteiger partial charge < -0.3 is 26.1 Å². The van der Waals surface area contributed by atoms with E-state index in [4.69, 9.17) is 15.9 Å². The van der Waals surface area contributed by atoms with Crippen molar-refractivity contribution in [1.29, 1.82) is 5.41 Å². The van der Waals surface area contributed by atoms with E-state index in [9.17, 15) is 22.0 Å². The first-order valence-electron chi connectivity index (χ1n) is 13.4. The Bertz CT molecular complexity index is 1320. The van der Waals surface area contributed by atoms with E-state index in [-0.39, 0.29) is 55.7 Å². The predicted octanol–water partition coefficient (Wildman–Crippen LogP) is 4.09. The fourth-order valence-electron chi connectivity index (χ4n) is 4.61. The fourth-order valence-corrected chi connectivity index (χ4v) is 6.12. The Morgan fingerprint density at radius 1 is 1.05 bits per heavy atom. The molecule has 0 atom stereocenters. The van der Waals surface area contributed by atoms with Crippen molar-refractivity contribution in [2.45, 2.75) is 37.9 Å². The van der Waals surface area contributed by atoms with Gasteiger partial charge in [-0.25, -0.2) is 17.2 Å². The van der Waals surface area contributed by atoms with Gasteiger partial charge in [0.15, 0.2) is 0 Å². The average Bonchev–Trinajstić information content (AvgIpc) is 3.73. The first kappa shape index (κ1) is 29.5. The molecule has 1 aliphatic carbocycles. The Balaban J connectivity index is 1.46. The number of benzene rings is 2. The molecule has 2 aromatic carbocycles. The van der Waals surface area contributed by atoms with Gasteiger partial charge in [0, 0.05) is 49.8 Å². The van der Waals surface area contributed by atoms with Gasteiger partial charge in [0.05, 0.1) is 12.4 Å². The molecule has 0 radical (unpaired) electrons. The number of halogens is 2. The molecule has 2 aromatic rings. The van der Waals surface area contributed by atoms with Crippen LogP contribution in [0.2, 0.25) is 0 Å². The maximum absolute atomic E-state index is 13.7. The van der Waals surface area contributed by atoms with Crippen molar-refractivity contribution < 1.29 is 26.7 Å². The third-order valence-corrected chi connectivity index (χ3v) is 8.80. The number of piperazine rings is 1. The molecule has 0 aromatic heterocycles. The summed E-state index contributed by atoms with van der Waals surface area (Å²) in [5.74, 6) is -1.97. The van der Waals surface area contributed by atoms with Crippen LogP contribution in [0.3, 0.4) is 0 Å². The number of hydrogen-bond acceptors (Lipinski definition) is 7.